The minimum Gasteiger partial charge on any atom is -0.380 e. The molecule has 72 valence electrons. The Hall–Kier alpha value is -1.06. The van der Waals surface area contributed by atoms with Crippen molar-refractivity contribution in [3.05, 3.63) is 45.9 Å². The first-order chi connectivity index (χ1) is 6.84. The number of aromatic nitrogens is 1. The van der Waals surface area contributed by atoms with Crippen molar-refractivity contribution in [1.29, 1.82) is 0 Å². The van der Waals surface area contributed by atoms with Crippen LogP contribution in [0.5, 0.6) is 0 Å². The Labute approximate surface area is 91.6 Å². The lowest BCUT2D eigenvalue weighted by atomic mass is 10.3. The van der Waals surface area contributed by atoms with Gasteiger partial charge in [-0.15, -0.1) is 0 Å². The van der Waals surface area contributed by atoms with Gasteiger partial charge in [-0.1, -0.05) is 11.6 Å². The zero-order valence-electron chi connectivity index (χ0n) is 7.40. The molecule has 2 heterocycles. The van der Waals surface area contributed by atoms with E-state index in [9.17, 15) is 0 Å². The van der Waals surface area contributed by atoms with Gasteiger partial charge in [0.25, 0.3) is 0 Å². The summed E-state index contributed by atoms with van der Waals surface area (Å²) in [4.78, 5) is 3.99. The van der Waals surface area contributed by atoms with Gasteiger partial charge >= 0.3 is 0 Å². The molecule has 0 unspecified atom stereocenters. The van der Waals surface area contributed by atoms with Gasteiger partial charge < -0.3 is 5.32 Å². The molecule has 14 heavy (non-hydrogen) atoms. The molecule has 0 saturated heterocycles. The monoisotopic (exact) mass is 224 g/mol. The molecule has 0 aromatic carbocycles. The lowest BCUT2D eigenvalue weighted by Crippen LogP contribution is -1.97. The van der Waals surface area contributed by atoms with Gasteiger partial charge in [0, 0.05) is 12.7 Å². The molecule has 2 aromatic rings. The van der Waals surface area contributed by atoms with Crippen molar-refractivity contribution >= 4 is 28.6 Å². The number of hydrogen-bond acceptors (Lipinski definition) is 3. The number of anilines is 1. The van der Waals surface area contributed by atoms with Gasteiger partial charge in [-0.05, 0) is 28.5 Å². The molecule has 0 bridgehead atoms. The van der Waals surface area contributed by atoms with Gasteiger partial charge in [0.05, 0.1) is 16.9 Å². The number of hydrogen-bond donors (Lipinski definition) is 1. The zero-order chi connectivity index (χ0) is 9.80. The van der Waals surface area contributed by atoms with Gasteiger partial charge in [0.2, 0.25) is 0 Å². The minimum atomic E-state index is 0.653. The molecule has 0 spiro atoms. The number of nitrogens with one attached hydrogen (secondary N) is 1. The van der Waals surface area contributed by atoms with Crippen molar-refractivity contribution < 1.29 is 0 Å². The summed E-state index contributed by atoms with van der Waals surface area (Å²) >= 11 is 7.50. The molecule has 0 fully saturated rings. The van der Waals surface area contributed by atoms with E-state index in [0.717, 1.165) is 12.2 Å². The maximum atomic E-state index is 5.81. The van der Waals surface area contributed by atoms with E-state index in [-0.39, 0.29) is 0 Å². The second-order valence-corrected chi connectivity index (χ2v) is 4.09. The Balaban J connectivity index is 1.98. The van der Waals surface area contributed by atoms with Crippen molar-refractivity contribution in [2.75, 3.05) is 5.32 Å². The summed E-state index contributed by atoms with van der Waals surface area (Å²) in [6.07, 6.45) is 3.38. The standard InChI is InChI=1S/C10H9ClN2S/c11-9-3-10(6-12-5-9)13-4-8-1-2-14-7-8/h1-3,5-7,13H,4H2. The third-order valence-electron chi connectivity index (χ3n) is 1.78. The number of thiophene rings is 1. The van der Waals surface area contributed by atoms with Crippen LogP contribution in [0, 0.1) is 0 Å². The van der Waals surface area contributed by atoms with E-state index in [0.29, 0.717) is 5.02 Å². The summed E-state index contributed by atoms with van der Waals surface area (Å²) in [5.74, 6) is 0. The van der Waals surface area contributed by atoms with Crippen LogP contribution in [0.2, 0.25) is 5.02 Å². The Bertz CT molecular complexity index is 400. The van der Waals surface area contributed by atoms with Crippen molar-refractivity contribution in [2.24, 2.45) is 0 Å². The fourth-order valence-corrected chi connectivity index (χ4v) is 1.95. The first-order valence-corrected chi connectivity index (χ1v) is 5.52. The third kappa shape index (κ3) is 2.47. The van der Waals surface area contributed by atoms with Crippen LogP contribution in [0.1, 0.15) is 5.56 Å². The number of pyridine rings is 1. The van der Waals surface area contributed by atoms with Crippen LogP contribution in [0.25, 0.3) is 0 Å². The zero-order valence-corrected chi connectivity index (χ0v) is 8.98. The largest absolute Gasteiger partial charge is 0.380 e. The molecule has 1 N–H and O–H groups in total. The predicted octanol–water partition coefficient (Wildman–Crippen LogP) is 3.41. The molecule has 4 heteroatoms. The van der Waals surface area contributed by atoms with Crippen molar-refractivity contribution in [3.8, 4) is 0 Å². The summed E-state index contributed by atoms with van der Waals surface area (Å²) in [5, 5.41) is 8.08. The molecule has 0 aliphatic rings. The first kappa shape index (κ1) is 9.49. The molecule has 2 nitrogen and oxygen atoms in total. The van der Waals surface area contributed by atoms with Gasteiger partial charge in [-0.3, -0.25) is 4.98 Å². The molecule has 0 saturated carbocycles. The molecule has 2 aromatic heterocycles. The average Bonchev–Trinajstić information content (AvgIpc) is 2.67. The van der Waals surface area contributed by atoms with Crippen molar-refractivity contribution in [1.82, 2.24) is 4.98 Å². The molecule has 0 atom stereocenters. The molecule has 0 radical (unpaired) electrons. The van der Waals surface area contributed by atoms with E-state index in [1.54, 1.807) is 23.7 Å². The minimum absolute atomic E-state index is 0.653. The predicted molar refractivity (Wildman–Crippen MR) is 60.9 cm³/mol. The van der Waals surface area contributed by atoms with Crippen LogP contribution in [-0.4, -0.2) is 4.98 Å². The van der Waals surface area contributed by atoms with E-state index in [2.05, 4.69) is 27.1 Å². The Morgan fingerprint density at radius 1 is 1.43 bits per heavy atom. The molecule has 0 aliphatic heterocycles. The number of rotatable bonds is 3. The van der Waals surface area contributed by atoms with Crippen LogP contribution >= 0.6 is 22.9 Å². The quantitative estimate of drug-likeness (QED) is 0.865. The van der Waals surface area contributed by atoms with Crippen molar-refractivity contribution in [2.45, 2.75) is 6.54 Å². The van der Waals surface area contributed by atoms with Gasteiger partial charge in [-0.25, -0.2) is 0 Å². The van der Waals surface area contributed by atoms with Crippen LogP contribution in [-0.2, 0) is 6.54 Å². The SMILES string of the molecule is Clc1cncc(NCc2ccsc2)c1. The van der Waals surface area contributed by atoms with Gasteiger partial charge in [-0.2, -0.15) is 11.3 Å². The summed E-state index contributed by atoms with van der Waals surface area (Å²) in [7, 11) is 0. The topological polar surface area (TPSA) is 24.9 Å². The highest BCUT2D eigenvalue weighted by molar-refractivity contribution is 7.07. The van der Waals surface area contributed by atoms with Crippen molar-refractivity contribution in [3.63, 3.8) is 0 Å². The van der Waals surface area contributed by atoms with Crippen LogP contribution in [0.15, 0.2) is 35.3 Å². The fourth-order valence-electron chi connectivity index (χ4n) is 1.11. The maximum Gasteiger partial charge on any atom is 0.0609 e. The highest BCUT2D eigenvalue weighted by Crippen LogP contribution is 2.14. The van der Waals surface area contributed by atoms with Crippen LogP contribution < -0.4 is 5.32 Å². The van der Waals surface area contributed by atoms with E-state index in [4.69, 9.17) is 11.6 Å². The lowest BCUT2D eigenvalue weighted by Gasteiger charge is -2.03. The molecule has 0 amide bonds. The van der Waals surface area contributed by atoms with E-state index in [1.807, 2.05) is 6.07 Å². The Morgan fingerprint density at radius 3 is 3.07 bits per heavy atom. The van der Waals surface area contributed by atoms with Gasteiger partial charge in [0.15, 0.2) is 0 Å². The molecule has 0 aliphatic carbocycles. The number of nitrogens with zero attached hydrogens (tertiary/aromatic N) is 1. The van der Waals surface area contributed by atoms with Gasteiger partial charge in [0.1, 0.15) is 0 Å². The summed E-state index contributed by atoms with van der Waals surface area (Å²) in [6, 6.07) is 3.95. The second-order valence-electron chi connectivity index (χ2n) is 2.88. The first-order valence-electron chi connectivity index (χ1n) is 4.20. The van der Waals surface area contributed by atoms with E-state index in [1.165, 1.54) is 5.56 Å². The fraction of sp³-hybridized carbons (Fsp3) is 0.100. The smallest absolute Gasteiger partial charge is 0.0609 e. The Morgan fingerprint density at radius 2 is 2.36 bits per heavy atom. The summed E-state index contributed by atoms with van der Waals surface area (Å²) < 4.78 is 0. The lowest BCUT2D eigenvalue weighted by molar-refractivity contribution is 1.15. The Kier molecular flexibility index (Phi) is 3.01. The third-order valence-corrected chi connectivity index (χ3v) is 2.72. The second kappa shape index (κ2) is 4.44. The number of halogens is 1. The highest BCUT2D eigenvalue weighted by atomic mass is 35.5. The summed E-state index contributed by atoms with van der Waals surface area (Å²) in [6.45, 7) is 0.811. The van der Waals surface area contributed by atoms with E-state index < -0.39 is 0 Å². The van der Waals surface area contributed by atoms with Crippen LogP contribution in [0.3, 0.4) is 0 Å². The summed E-state index contributed by atoms with van der Waals surface area (Å²) in [5.41, 5.74) is 2.22. The highest BCUT2D eigenvalue weighted by Gasteiger charge is 1.95. The average molecular weight is 225 g/mol. The molecular weight excluding hydrogens is 216 g/mol. The normalized spacial score (nSPS) is 10.1. The van der Waals surface area contributed by atoms with E-state index >= 15 is 0 Å². The molecular formula is C10H9ClN2S. The maximum absolute atomic E-state index is 5.81. The van der Waals surface area contributed by atoms with Crippen LogP contribution in [0.4, 0.5) is 5.69 Å². The molecule has 2 rings (SSSR count).